The highest BCUT2D eigenvalue weighted by Crippen LogP contribution is 2.45. The first-order chi connectivity index (χ1) is 32.0. The van der Waals surface area contributed by atoms with Crippen molar-refractivity contribution in [1.82, 2.24) is 5.32 Å². The molecule has 6 aromatic rings. The molecule has 0 radical (unpaired) electrons. The molecule has 0 aliphatic rings. The van der Waals surface area contributed by atoms with Crippen molar-refractivity contribution in [3.05, 3.63) is 93.0 Å². The molecule has 2 heterocycles. The van der Waals surface area contributed by atoms with Crippen LogP contribution in [0.1, 0.15) is 183 Å². The first-order valence-corrected chi connectivity index (χ1v) is 28.2. The lowest BCUT2D eigenvalue weighted by Gasteiger charge is -2.22. The fourth-order valence-corrected chi connectivity index (χ4v) is 11.6. The molecule has 0 aliphatic heterocycles. The molecule has 6 rings (SSSR count). The van der Waals surface area contributed by atoms with Gasteiger partial charge < -0.3 is 22.1 Å². The summed E-state index contributed by atoms with van der Waals surface area (Å²) in [5.41, 5.74) is 12.8. The third-order valence-electron chi connectivity index (χ3n) is 12.6. The van der Waals surface area contributed by atoms with Gasteiger partial charge in [0.25, 0.3) is 0 Å². The summed E-state index contributed by atoms with van der Waals surface area (Å²) in [6.45, 7) is 47.5. The summed E-state index contributed by atoms with van der Waals surface area (Å²) >= 11 is 0. The lowest BCUT2D eigenvalue weighted by molar-refractivity contribution is 0.340. The minimum atomic E-state index is -1.79. The van der Waals surface area contributed by atoms with Crippen molar-refractivity contribution in [2.24, 2.45) is 23.7 Å². The molecule has 0 spiro atoms. The zero-order chi connectivity index (χ0) is 51.0. The third kappa shape index (κ3) is 14.0. The molecule has 7 nitrogen and oxygen atoms in total. The second kappa shape index (κ2) is 21.7. The number of fused-ring (bicyclic) bond motifs is 6. The average molecular weight is 982 g/mol. The van der Waals surface area contributed by atoms with Crippen molar-refractivity contribution < 1.29 is 25.8 Å². The summed E-state index contributed by atoms with van der Waals surface area (Å²) in [7, 11) is -3.57. The minimum Gasteiger partial charge on any atom is -0.399 e. The summed E-state index contributed by atoms with van der Waals surface area (Å²) in [6, 6.07) is 18.8. The molecule has 0 saturated carbocycles. The smallest absolute Gasteiger partial charge is 0.387 e. The molecule has 2 aromatic heterocycles. The van der Waals surface area contributed by atoms with Crippen LogP contribution in [0.4, 0.5) is 0 Å². The normalized spacial score (nSPS) is 13.2. The van der Waals surface area contributed by atoms with E-state index in [9.17, 15) is 0 Å². The van der Waals surface area contributed by atoms with Gasteiger partial charge in [-0.05, 0) is 118 Å². The maximum absolute atomic E-state index is 6.98. The van der Waals surface area contributed by atoms with E-state index < -0.39 is 16.5 Å². The molecule has 69 heavy (non-hydrogen) atoms. The predicted molar refractivity (Wildman–Crippen MR) is 297 cm³/mol. The molecule has 1 N–H and O–H groups in total. The van der Waals surface area contributed by atoms with Crippen LogP contribution in [0.2, 0.25) is 0 Å². The minimum absolute atomic E-state index is 0.168. The lowest BCUT2D eigenvalue weighted by Crippen LogP contribution is -2.25. The molecule has 0 aliphatic carbocycles. The highest BCUT2D eigenvalue weighted by molar-refractivity contribution is 7.32. The second-order valence-electron chi connectivity index (χ2n) is 25.7. The Labute approximate surface area is 418 Å². The van der Waals surface area contributed by atoms with Gasteiger partial charge >= 0.3 is 16.5 Å². The molecule has 0 unspecified atom stereocenters. The van der Waals surface area contributed by atoms with E-state index in [1.54, 1.807) is 0 Å². The van der Waals surface area contributed by atoms with Crippen molar-refractivity contribution in [2.45, 2.75) is 186 Å². The lowest BCUT2D eigenvalue weighted by atomic mass is 9.81. The molecular formula is C60H89NO6P2. The van der Waals surface area contributed by atoms with E-state index in [1.807, 2.05) is 0 Å². The van der Waals surface area contributed by atoms with Crippen molar-refractivity contribution >= 4 is 60.4 Å². The van der Waals surface area contributed by atoms with Crippen LogP contribution in [0.15, 0.2) is 65.3 Å². The molecule has 0 amide bonds. The molecule has 0 bridgehead atoms. The van der Waals surface area contributed by atoms with Crippen molar-refractivity contribution in [2.75, 3.05) is 26.3 Å². The summed E-state index contributed by atoms with van der Waals surface area (Å²) in [4.78, 5) is 0. The van der Waals surface area contributed by atoms with Crippen LogP contribution in [0.3, 0.4) is 0 Å². The molecule has 380 valence electrons. The largest absolute Gasteiger partial charge is 0.399 e. The Bertz CT molecular complexity index is 2440. The Morgan fingerprint density at radius 2 is 0.594 bits per heavy atom. The molecule has 4 aromatic carbocycles. The van der Waals surface area contributed by atoms with Gasteiger partial charge in [0.2, 0.25) is 0 Å². The van der Waals surface area contributed by atoms with E-state index in [4.69, 9.17) is 25.8 Å². The van der Waals surface area contributed by atoms with Crippen LogP contribution in [0.25, 0.3) is 43.9 Å². The summed E-state index contributed by atoms with van der Waals surface area (Å²) < 4.78 is 41.2. The average Bonchev–Trinajstić information content (AvgIpc) is 3.44. The summed E-state index contributed by atoms with van der Waals surface area (Å²) in [5.74, 6) is 2.07. The first-order valence-electron chi connectivity index (χ1n) is 26.0. The van der Waals surface area contributed by atoms with Crippen LogP contribution >= 0.6 is 16.5 Å². The van der Waals surface area contributed by atoms with Gasteiger partial charge in [0, 0.05) is 56.9 Å². The Morgan fingerprint density at radius 1 is 0.377 bits per heavy atom. The number of hydrogen-bond acceptors (Lipinski definition) is 7. The fourth-order valence-electron chi connectivity index (χ4n) is 9.48. The van der Waals surface area contributed by atoms with E-state index in [1.165, 1.54) is 44.5 Å². The van der Waals surface area contributed by atoms with Crippen LogP contribution in [-0.4, -0.2) is 26.3 Å². The SMILES string of the molecule is CC(C)Cc1cc(C(C)(C)C)c2op(OCCNCCOp3oc4c(C(C)(C)C)cc(CC(C)C)cc4c4cc(CC(C)C)cc(C(C)(C)C)c4o3)oc3c(C(C)(C)C)cc(CC(C)C)cc3c2c1. The van der Waals surface area contributed by atoms with Crippen LogP contribution in [0.5, 0.6) is 0 Å². The molecule has 9 heteroatoms. The Hall–Kier alpha value is -3.44. The Morgan fingerprint density at radius 3 is 0.783 bits per heavy atom. The quantitative estimate of drug-likeness (QED) is 0.0967. The molecular weight excluding hydrogens is 893 g/mol. The fraction of sp³-hybridized carbons (Fsp3) is 0.600. The van der Waals surface area contributed by atoms with Crippen molar-refractivity contribution in [1.29, 1.82) is 0 Å². The first kappa shape index (κ1) is 54.9. The van der Waals surface area contributed by atoms with Crippen LogP contribution in [0, 0.1) is 23.7 Å². The van der Waals surface area contributed by atoms with Crippen molar-refractivity contribution in [3.63, 3.8) is 0 Å². The van der Waals surface area contributed by atoms with Gasteiger partial charge in [-0.1, -0.05) is 163 Å². The van der Waals surface area contributed by atoms with Gasteiger partial charge in [-0.25, -0.2) is 0 Å². The number of rotatable bonds is 16. The van der Waals surface area contributed by atoms with Gasteiger partial charge in [-0.3, -0.25) is 9.05 Å². The molecule has 0 atom stereocenters. The number of benzene rings is 4. The van der Waals surface area contributed by atoms with Crippen LogP contribution in [-0.2, 0) is 47.3 Å². The number of nitrogens with one attached hydrogen (secondary N) is 1. The maximum Gasteiger partial charge on any atom is 0.387 e. The van der Waals surface area contributed by atoms with Gasteiger partial charge in [-0.15, -0.1) is 0 Å². The molecule has 0 saturated heterocycles. The van der Waals surface area contributed by atoms with E-state index in [-0.39, 0.29) is 21.7 Å². The van der Waals surface area contributed by atoms with E-state index in [2.05, 4.69) is 192 Å². The second-order valence-corrected chi connectivity index (χ2v) is 27.8. The van der Waals surface area contributed by atoms with Crippen LogP contribution < -0.4 is 14.4 Å². The summed E-state index contributed by atoms with van der Waals surface area (Å²) in [5, 5.41) is 7.95. The molecule has 0 fully saturated rings. The third-order valence-corrected chi connectivity index (χ3v) is 14.7. The van der Waals surface area contributed by atoms with Gasteiger partial charge in [-0.2, -0.15) is 0 Å². The van der Waals surface area contributed by atoms with E-state index in [0.29, 0.717) is 50.0 Å². The maximum atomic E-state index is 6.98. The highest BCUT2D eigenvalue weighted by atomic mass is 31.1. The van der Waals surface area contributed by atoms with E-state index >= 15 is 0 Å². The Balaban J connectivity index is 1.35. The zero-order valence-electron chi connectivity index (χ0n) is 46.4. The van der Waals surface area contributed by atoms with Crippen molar-refractivity contribution in [3.8, 4) is 0 Å². The summed E-state index contributed by atoms with van der Waals surface area (Å²) in [6.07, 6.45) is 3.95. The Kier molecular flexibility index (Phi) is 17.3. The van der Waals surface area contributed by atoms with Gasteiger partial charge in [0.15, 0.2) is 0 Å². The standard InChI is InChI=1S/C60H89NO6P2/c1-37(2)25-41-29-45-46-30-42(26-38(3)4)34-50(58(12,13)14)54(46)65-68(64-53(45)49(33-41)57(9,10)11)62-23-21-61-22-24-63-69-66-55-47(31-43(27-39(5)6)35-51(55)59(15,16)17)48-32-44(28-40(7)8)36-52(56(48)67-69)60(18,19)20/h29-40,61H,21-28H2,1-20H3. The van der Waals surface area contributed by atoms with Gasteiger partial charge in [0.1, 0.15) is 22.3 Å². The zero-order valence-corrected chi connectivity index (χ0v) is 48.2. The van der Waals surface area contributed by atoms with Gasteiger partial charge in [0.05, 0.1) is 13.2 Å². The monoisotopic (exact) mass is 982 g/mol. The predicted octanol–water partition coefficient (Wildman–Crippen LogP) is 18.0. The number of hydrogen-bond donors (Lipinski definition) is 1. The highest BCUT2D eigenvalue weighted by Gasteiger charge is 2.28. The van der Waals surface area contributed by atoms with E-state index in [0.717, 1.165) is 69.6 Å². The topological polar surface area (TPSA) is 83.0 Å².